The van der Waals surface area contributed by atoms with E-state index >= 15 is 0 Å². The fourth-order valence-electron chi connectivity index (χ4n) is 5.47. The predicted octanol–water partition coefficient (Wildman–Crippen LogP) is 1.33. The molecule has 0 bridgehead atoms. The number of likely N-dealkylation sites (tertiary alicyclic amines) is 1. The van der Waals surface area contributed by atoms with Crippen LogP contribution in [0.5, 0.6) is 11.5 Å². The molecular weight excluding hydrogens is 675 g/mol. The number of piperidine rings is 1. The van der Waals surface area contributed by atoms with Gasteiger partial charge in [-0.3, -0.25) is 4.79 Å². The predicted molar refractivity (Wildman–Crippen MR) is 164 cm³/mol. The van der Waals surface area contributed by atoms with E-state index in [2.05, 4.69) is 23.0 Å². The minimum Gasteiger partial charge on any atom is -1.00 e. The van der Waals surface area contributed by atoms with Crippen molar-refractivity contribution in [2.45, 2.75) is 57.8 Å². The number of phenols is 2. The van der Waals surface area contributed by atoms with Crippen LogP contribution in [0, 0.1) is 0 Å². The van der Waals surface area contributed by atoms with Crippen LogP contribution in [0.4, 0.5) is 10.5 Å². The van der Waals surface area contributed by atoms with Crippen LogP contribution >= 0.6 is 0 Å². The molecule has 0 radical (unpaired) electrons. The molecule has 44 heavy (non-hydrogen) atoms. The minimum atomic E-state index is -0.878. The molecule has 3 atom stereocenters. The van der Waals surface area contributed by atoms with Crippen LogP contribution in [0.3, 0.4) is 0 Å². The van der Waals surface area contributed by atoms with E-state index in [0.29, 0.717) is 22.3 Å². The van der Waals surface area contributed by atoms with Crippen LogP contribution in [0.25, 0.3) is 0 Å². The number of esters is 1. The SMILES string of the molecule is CC(C)OC(=O)c1ccc(NC(=O)N[C@@H](Cc2ccc(O)cc2)C(=O)N[C@H]2CCC[N+](C)(Cc3cccc(O)c3)C2)cc1.[I-]. The van der Waals surface area contributed by atoms with Gasteiger partial charge in [0.2, 0.25) is 5.91 Å². The maximum absolute atomic E-state index is 13.6. The lowest BCUT2D eigenvalue weighted by Gasteiger charge is -2.42. The molecule has 0 aromatic heterocycles. The van der Waals surface area contributed by atoms with Gasteiger partial charge < -0.3 is 59.4 Å². The van der Waals surface area contributed by atoms with E-state index in [1.54, 1.807) is 74.5 Å². The Hall–Kier alpha value is -3.84. The fraction of sp³-hybridized carbons (Fsp3) is 0.364. The highest BCUT2D eigenvalue weighted by Gasteiger charge is 2.34. The van der Waals surface area contributed by atoms with Crippen molar-refractivity contribution in [3.8, 4) is 11.5 Å². The third-order valence-corrected chi connectivity index (χ3v) is 7.45. The average molecular weight is 717 g/mol. The summed E-state index contributed by atoms with van der Waals surface area (Å²) in [5, 5.41) is 28.3. The third kappa shape index (κ3) is 10.4. The van der Waals surface area contributed by atoms with Gasteiger partial charge in [-0.1, -0.05) is 24.3 Å². The Bertz CT molecular complexity index is 1420. The van der Waals surface area contributed by atoms with Crippen molar-refractivity contribution in [2.75, 3.05) is 25.5 Å². The molecule has 1 aliphatic heterocycles. The number of benzene rings is 3. The number of urea groups is 1. The van der Waals surface area contributed by atoms with E-state index in [9.17, 15) is 24.6 Å². The smallest absolute Gasteiger partial charge is 0.338 e. The number of carbonyl (C=O) groups excluding carboxylic acids is 3. The van der Waals surface area contributed by atoms with Gasteiger partial charge >= 0.3 is 12.0 Å². The molecule has 0 spiro atoms. The van der Waals surface area contributed by atoms with E-state index < -0.39 is 18.0 Å². The number of hydrogen-bond donors (Lipinski definition) is 5. The summed E-state index contributed by atoms with van der Waals surface area (Å²) in [6.07, 6.45) is 1.73. The number of anilines is 1. The van der Waals surface area contributed by atoms with Crippen LogP contribution in [0.2, 0.25) is 0 Å². The summed E-state index contributed by atoms with van der Waals surface area (Å²) in [4.78, 5) is 38.7. The number of ether oxygens (including phenoxy) is 1. The van der Waals surface area contributed by atoms with Crippen LogP contribution < -0.4 is 39.9 Å². The molecule has 1 unspecified atom stereocenters. The van der Waals surface area contributed by atoms with Gasteiger partial charge in [0.1, 0.15) is 24.1 Å². The molecule has 3 aromatic rings. The van der Waals surface area contributed by atoms with Gasteiger partial charge in [-0.05, 0) is 80.8 Å². The number of rotatable bonds is 10. The van der Waals surface area contributed by atoms with Crippen LogP contribution in [0.15, 0.2) is 72.8 Å². The van der Waals surface area contributed by atoms with Crippen molar-refractivity contribution in [1.82, 2.24) is 10.6 Å². The van der Waals surface area contributed by atoms with Crippen LogP contribution in [0.1, 0.15) is 48.2 Å². The van der Waals surface area contributed by atoms with Crippen molar-refractivity contribution >= 4 is 23.6 Å². The van der Waals surface area contributed by atoms with Gasteiger partial charge in [0, 0.05) is 17.7 Å². The number of nitrogens with zero attached hydrogens (tertiary/aromatic N) is 1. The third-order valence-electron chi connectivity index (χ3n) is 7.45. The Morgan fingerprint density at radius 3 is 2.32 bits per heavy atom. The number of nitrogens with one attached hydrogen (secondary N) is 3. The number of phenolic OH excluding ortho intramolecular Hbond substituents is 2. The molecule has 236 valence electrons. The Balaban J connectivity index is 0.00000529. The van der Waals surface area contributed by atoms with Crippen molar-refractivity contribution in [3.63, 3.8) is 0 Å². The molecule has 1 heterocycles. The Kier molecular flexibility index (Phi) is 12.4. The first kappa shape index (κ1) is 34.6. The summed E-state index contributed by atoms with van der Waals surface area (Å²) < 4.78 is 5.91. The summed E-state index contributed by atoms with van der Waals surface area (Å²) >= 11 is 0. The highest BCUT2D eigenvalue weighted by Crippen LogP contribution is 2.23. The van der Waals surface area contributed by atoms with E-state index in [-0.39, 0.29) is 59.9 Å². The number of quaternary nitrogens is 1. The average Bonchev–Trinajstić information content (AvgIpc) is 2.93. The Morgan fingerprint density at radius 1 is 0.955 bits per heavy atom. The largest absolute Gasteiger partial charge is 1.00 e. The van der Waals surface area contributed by atoms with E-state index in [4.69, 9.17) is 4.74 Å². The lowest BCUT2D eigenvalue weighted by molar-refractivity contribution is -0.927. The first-order valence-electron chi connectivity index (χ1n) is 14.6. The topological polar surface area (TPSA) is 137 Å². The van der Waals surface area contributed by atoms with Gasteiger partial charge in [-0.15, -0.1) is 0 Å². The van der Waals surface area contributed by atoms with Gasteiger partial charge in [0.15, 0.2) is 0 Å². The van der Waals surface area contributed by atoms with Gasteiger partial charge in [-0.2, -0.15) is 0 Å². The standard InChI is InChI=1S/C33H40N4O6.HI/c1-22(2)43-32(41)25-11-13-26(14-12-25)35-33(42)36-30(19-23-9-15-28(38)16-10-23)31(40)34-27-7-5-17-37(3,21-27)20-24-6-4-8-29(39)18-24;/h4,6,8-16,18,22,27,30H,5,7,17,19-21H2,1-3H3,(H4-,34,35,36,38,39,40,41,42);1H/t27-,30-,37?;/m0./s1. The summed E-state index contributed by atoms with van der Waals surface area (Å²) in [5.41, 5.74) is 2.63. The lowest BCUT2D eigenvalue weighted by Crippen LogP contribution is -3.00. The van der Waals surface area contributed by atoms with Crippen LogP contribution in [-0.2, 0) is 22.5 Å². The second-order valence-corrected chi connectivity index (χ2v) is 11.8. The number of carbonyl (C=O) groups is 3. The normalized spacial score (nSPS) is 18.4. The summed E-state index contributed by atoms with van der Waals surface area (Å²) in [6, 6.07) is 18.6. The fourth-order valence-corrected chi connectivity index (χ4v) is 5.47. The highest BCUT2D eigenvalue weighted by molar-refractivity contribution is 5.95. The van der Waals surface area contributed by atoms with Crippen LogP contribution in [-0.4, -0.2) is 70.9 Å². The molecule has 1 aliphatic rings. The molecule has 1 fully saturated rings. The zero-order valence-electron chi connectivity index (χ0n) is 25.3. The summed E-state index contributed by atoms with van der Waals surface area (Å²) in [5.74, 6) is -0.402. The monoisotopic (exact) mass is 716 g/mol. The second kappa shape index (κ2) is 15.8. The maximum Gasteiger partial charge on any atom is 0.338 e. The second-order valence-electron chi connectivity index (χ2n) is 11.8. The number of amides is 3. The molecule has 0 aliphatic carbocycles. The summed E-state index contributed by atoms with van der Waals surface area (Å²) in [7, 11) is 2.15. The van der Waals surface area contributed by atoms with Gasteiger partial charge in [-0.25, -0.2) is 9.59 Å². The quantitative estimate of drug-likeness (QED) is 0.122. The molecule has 4 rings (SSSR count). The first-order chi connectivity index (χ1) is 20.5. The summed E-state index contributed by atoms with van der Waals surface area (Å²) in [6.45, 7) is 5.93. The molecule has 3 amide bonds. The van der Waals surface area contributed by atoms with Crippen molar-refractivity contribution in [2.24, 2.45) is 0 Å². The zero-order valence-corrected chi connectivity index (χ0v) is 27.4. The zero-order chi connectivity index (χ0) is 31.0. The molecule has 10 nitrogen and oxygen atoms in total. The molecule has 0 saturated carbocycles. The maximum atomic E-state index is 13.6. The van der Waals surface area contributed by atoms with E-state index in [1.165, 1.54) is 0 Å². The Labute approximate surface area is 275 Å². The molecule has 5 N–H and O–H groups in total. The lowest BCUT2D eigenvalue weighted by atomic mass is 10.00. The van der Waals surface area contributed by atoms with Crippen molar-refractivity contribution < 1.29 is 57.8 Å². The van der Waals surface area contributed by atoms with E-state index in [0.717, 1.165) is 37.1 Å². The first-order valence-corrected chi connectivity index (χ1v) is 14.6. The molecule has 1 saturated heterocycles. The Morgan fingerprint density at radius 2 is 1.66 bits per heavy atom. The van der Waals surface area contributed by atoms with Gasteiger partial charge in [0.25, 0.3) is 0 Å². The minimum absolute atomic E-state index is 0. The molecule has 11 heteroatoms. The van der Waals surface area contributed by atoms with Gasteiger partial charge in [0.05, 0.1) is 37.8 Å². The number of likely N-dealkylation sites (N-methyl/N-ethyl adjacent to an activating group) is 1. The number of aromatic hydroxyl groups is 2. The molecule has 3 aromatic carbocycles. The highest BCUT2D eigenvalue weighted by atomic mass is 127. The number of hydrogen-bond acceptors (Lipinski definition) is 6. The molecular formula is C33H41IN4O6. The number of halogens is 1. The van der Waals surface area contributed by atoms with E-state index in [1.807, 2.05) is 12.1 Å². The van der Waals surface area contributed by atoms with Crippen molar-refractivity contribution in [1.29, 1.82) is 0 Å². The van der Waals surface area contributed by atoms with Crippen molar-refractivity contribution in [3.05, 3.63) is 89.5 Å².